The van der Waals surface area contributed by atoms with E-state index in [1.54, 1.807) is 0 Å². The van der Waals surface area contributed by atoms with Crippen molar-refractivity contribution < 1.29 is 37.4 Å². The van der Waals surface area contributed by atoms with Crippen molar-refractivity contribution in [3.8, 4) is 0 Å². The highest BCUT2D eigenvalue weighted by molar-refractivity contribution is 5.95. The van der Waals surface area contributed by atoms with E-state index < -0.39 is 35.6 Å². The summed E-state index contributed by atoms with van der Waals surface area (Å²) in [5.41, 5.74) is 4.54. The summed E-state index contributed by atoms with van der Waals surface area (Å²) in [4.78, 5) is 52.6. The van der Waals surface area contributed by atoms with Crippen LogP contribution in [0.4, 0.5) is 19.3 Å². The average Bonchev–Trinajstić information content (AvgIpc) is 2.99. The molecule has 0 bridgehead atoms. The first-order chi connectivity index (χ1) is 21.1. The molecule has 1 unspecified atom stereocenters. The number of hydrogen-bond acceptors (Lipinski definition) is 7. The van der Waals surface area contributed by atoms with Gasteiger partial charge < -0.3 is 25.0 Å². The Morgan fingerprint density at radius 3 is 2.43 bits per heavy atom. The minimum atomic E-state index is -1.30. The molecule has 1 saturated heterocycles. The third kappa shape index (κ3) is 7.97. The zero-order chi connectivity index (χ0) is 31.8. The predicted molar refractivity (Wildman–Crippen MR) is 157 cm³/mol. The van der Waals surface area contributed by atoms with Crippen LogP contribution in [0.1, 0.15) is 55.7 Å². The first-order valence-electron chi connectivity index (χ1n) is 14.4. The second-order valence-corrected chi connectivity index (χ2v) is 10.8. The summed E-state index contributed by atoms with van der Waals surface area (Å²) in [6, 6.07) is 8.77. The SMILES string of the molecule is COCC1=C(C(=O)OC)C(c2ccc(F)c(F)c2)N(NC(=O)CCCN2CCC(c3cccc(NC(C)=O)c3)CC2)C(=O)N1. The van der Waals surface area contributed by atoms with Crippen LogP contribution in [0.3, 0.4) is 0 Å². The predicted octanol–water partition coefficient (Wildman–Crippen LogP) is 3.75. The van der Waals surface area contributed by atoms with E-state index in [0.717, 1.165) is 55.9 Å². The zero-order valence-electron chi connectivity index (χ0n) is 25.0. The summed E-state index contributed by atoms with van der Waals surface area (Å²) in [7, 11) is 2.51. The van der Waals surface area contributed by atoms with Crippen molar-refractivity contribution in [1.29, 1.82) is 0 Å². The lowest BCUT2D eigenvalue weighted by Gasteiger charge is -2.38. The molecule has 2 aromatic rings. The number of rotatable bonds is 11. The van der Waals surface area contributed by atoms with E-state index in [9.17, 15) is 28.0 Å². The van der Waals surface area contributed by atoms with Gasteiger partial charge >= 0.3 is 12.0 Å². The second-order valence-electron chi connectivity index (χ2n) is 10.8. The van der Waals surface area contributed by atoms with Gasteiger partial charge in [-0.3, -0.25) is 15.0 Å². The molecular weight excluding hydrogens is 576 g/mol. The van der Waals surface area contributed by atoms with Crippen molar-refractivity contribution >= 4 is 29.5 Å². The van der Waals surface area contributed by atoms with Gasteiger partial charge in [0.2, 0.25) is 11.8 Å². The molecule has 0 spiro atoms. The number of esters is 1. The first kappa shape index (κ1) is 32.6. The number of ether oxygens (including phenoxy) is 2. The highest BCUT2D eigenvalue weighted by atomic mass is 19.2. The number of carbonyl (C=O) groups is 4. The van der Waals surface area contributed by atoms with Crippen LogP contribution in [0.25, 0.3) is 0 Å². The summed E-state index contributed by atoms with van der Waals surface area (Å²) in [6.45, 7) is 3.66. The number of hydrazine groups is 1. The number of hydrogen-bond donors (Lipinski definition) is 3. The molecule has 44 heavy (non-hydrogen) atoms. The number of amides is 4. The van der Waals surface area contributed by atoms with E-state index in [1.165, 1.54) is 25.7 Å². The normalized spacial score (nSPS) is 17.7. The summed E-state index contributed by atoms with van der Waals surface area (Å²) in [5, 5.41) is 6.24. The highest BCUT2D eigenvalue weighted by Gasteiger charge is 2.41. The number of nitrogens with one attached hydrogen (secondary N) is 3. The molecule has 0 saturated carbocycles. The molecule has 0 radical (unpaired) electrons. The van der Waals surface area contributed by atoms with Crippen LogP contribution in [-0.2, 0) is 23.9 Å². The third-order valence-electron chi connectivity index (χ3n) is 7.68. The Kier molecular flexibility index (Phi) is 11.0. The molecule has 0 aliphatic carbocycles. The lowest BCUT2D eigenvalue weighted by atomic mass is 9.89. The standard InChI is InChI=1S/C31H37F2N5O6/c1-19(39)34-23-7-4-6-21(16-23)20-11-14-37(15-12-20)13-5-8-27(40)36-38-29(22-9-10-24(32)25(33)17-22)28(30(41)44-3)26(18-43-2)35-31(38)42/h4,6-7,9-10,16-17,20,29H,5,8,11-15,18H2,1-3H3,(H,34,39)(H,35,42)(H,36,40). The van der Waals surface area contributed by atoms with Crippen molar-refractivity contribution in [2.24, 2.45) is 0 Å². The topological polar surface area (TPSA) is 129 Å². The number of urea groups is 1. The van der Waals surface area contributed by atoms with Gasteiger partial charge in [0, 0.05) is 26.1 Å². The van der Waals surface area contributed by atoms with Gasteiger partial charge in [0.05, 0.1) is 25.0 Å². The maximum atomic E-state index is 14.2. The van der Waals surface area contributed by atoms with Gasteiger partial charge in [-0.2, -0.15) is 0 Å². The van der Waals surface area contributed by atoms with E-state index in [4.69, 9.17) is 9.47 Å². The number of halogens is 2. The second kappa shape index (κ2) is 14.9. The van der Waals surface area contributed by atoms with Crippen molar-refractivity contribution in [1.82, 2.24) is 20.7 Å². The maximum absolute atomic E-state index is 14.2. The fourth-order valence-corrected chi connectivity index (χ4v) is 5.60. The number of carbonyl (C=O) groups excluding carboxylic acids is 4. The fourth-order valence-electron chi connectivity index (χ4n) is 5.60. The Morgan fingerprint density at radius 1 is 1.02 bits per heavy atom. The van der Waals surface area contributed by atoms with Gasteiger partial charge in [-0.15, -0.1) is 0 Å². The van der Waals surface area contributed by atoms with Crippen LogP contribution >= 0.6 is 0 Å². The number of nitrogens with zero attached hydrogens (tertiary/aromatic N) is 2. The molecule has 2 aromatic carbocycles. The van der Waals surface area contributed by atoms with Gasteiger partial charge in [-0.05, 0) is 80.2 Å². The smallest absolute Gasteiger partial charge is 0.341 e. The van der Waals surface area contributed by atoms with Crippen LogP contribution in [0.5, 0.6) is 0 Å². The molecule has 4 rings (SSSR count). The monoisotopic (exact) mass is 613 g/mol. The van der Waals surface area contributed by atoms with Crippen LogP contribution in [0, 0.1) is 11.6 Å². The number of anilines is 1. The van der Waals surface area contributed by atoms with Gasteiger partial charge in [0.25, 0.3) is 0 Å². The Balaban J connectivity index is 1.38. The molecule has 1 atom stereocenters. The molecule has 2 aliphatic heterocycles. The van der Waals surface area contributed by atoms with Gasteiger partial charge in [-0.1, -0.05) is 18.2 Å². The van der Waals surface area contributed by atoms with E-state index in [1.807, 2.05) is 18.2 Å². The number of piperidine rings is 1. The number of likely N-dealkylation sites (tertiary alicyclic amines) is 1. The zero-order valence-corrected chi connectivity index (χ0v) is 25.0. The summed E-state index contributed by atoms with van der Waals surface area (Å²) >= 11 is 0. The van der Waals surface area contributed by atoms with Crippen LogP contribution in [0.15, 0.2) is 53.7 Å². The molecule has 236 valence electrons. The van der Waals surface area contributed by atoms with Crippen LogP contribution < -0.4 is 16.1 Å². The van der Waals surface area contributed by atoms with Crippen molar-refractivity contribution in [2.45, 2.75) is 44.6 Å². The minimum absolute atomic E-state index is 0.0542. The maximum Gasteiger partial charge on any atom is 0.341 e. The Hall–Kier alpha value is -4.36. The fraction of sp³-hybridized carbons (Fsp3) is 0.419. The Labute approximate surface area is 254 Å². The quantitative estimate of drug-likeness (QED) is 0.329. The molecule has 2 heterocycles. The van der Waals surface area contributed by atoms with E-state index in [0.29, 0.717) is 18.9 Å². The van der Waals surface area contributed by atoms with Crippen molar-refractivity contribution in [3.05, 3.63) is 76.5 Å². The van der Waals surface area contributed by atoms with Crippen LogP contribution in [0.2, 0.25) is 0 Å². The molecule has 3 N–H and O–H groups in total. The summed E-state index contributed by atoms with van der Waals surface area (Å²) < 4.78 is 38.0. The largest absolute Gasteiger partial charge is 0.466 e. The Bertz CT molecular complexity index is 1430. The lowest BCUT2D eigenvalue weighted by molar-refractivity contribution is -0.138. The molecule has 1 fully saturated rings. The number of benzene rings is 2. The molecule has 4 amide bonds. The van der Waals surface area contributed by atoms with Gasteiger partial charge in [-0.25, -0.2) is 23.4 Å². The summed E-state index contributed by atoms with van der Waals surface area (Å²) in [5.74, 6) is -3.35. The number of methoxy groups -OCH3 is 2. The van der Waals surface area contributed by atoms with E-state index in [2.05, 4.69) is 27.0 Å². The first-order valence-corrected chi connectivity index (χ1v) is 14.4. The van der Waals surface area contributed by atoms with Crippen LogP contribution in [-0.4, -0.2) is 74.2 Å². The highest BCUT2D eigenvalue weighted by Crippen LogP contribution is 2.34. The van der Waals surface area contributed by atoms with Crippen molar-refractivity contribution in [2.75, 3.05) is 45.8 Å². The molecule has 13 heteroatoms. The van der Waals surface area contributed by atoms with Gasteiger partial charge in [0.15, 0.2) is 11.6 Å². The molecule has 0 aromatic heterocycles. The molecular formula is C31H37F2N5O6. The van der Waals surface area contributed by atoms with Gasteiger partial charge in [0.1, 0.15) is 6.04 Å². The molecule has 11 nitrogen and oxygen atoms in total. The van der Waals surface area contributed by atoms with Crippen molar-refractivity contribution in [3.63, 3.8) is 0 Å². The van der Waals surface area contributed by atoms with E-state index >= 15 is 0 Å². The Morgan fingerprint density at radius 2 is 1.77 bits per heavy atom. The molecule has 2 aliphatic rings. The van der Waals surface area contributed by atoms with E-state index in [-0.39, 0.29) is 35.8 Å². The minimum Gasteiger partial charge on any atom is -0.466 e. The summed E-state index contributed by atoms with van der Waals surface area (Å²) in [6.07, 6.45) is 2.46. The average molecular weight is 614 g/mol. The third-order valence-corrected chi connectivity index (χ3v) is 7.68. The lowest BCUT2D eigenvalue weighted by Crippen LogP contribution is -2.57.